The standard InChI is InChI=1S/C13H21NO2/c1-10(9-15)8-14-11(2)7-12-3-5-13(16)6-4-12/h3-6,10-11,14-16H,7-9H2,1-2H3. The Labute approximate surface area is 97.1 Å². The minimum atomic E-state index is 0.221. The van der Waals surface area contributed by atoms with Gasteiger partial charge >= 0.3 is 0 Å². The molecule has 0 aliphatic rings. The highest BCUT2D eigenvalue weighted by atomic mass is 16.3. The molecule has 16 heavy (non-hydrogen) atoms. The average molecular weight is 223 g/mol. The molecule has 0 heterocycles. The highest BCUT2D eigenvalue weighted by Gasteiger charge is 2.05. The largest absolute Gasteiger partial charge is 0.508 e. The number of rotatable bonds is 6. The van der Waals surface area contributed by atoms with Crippen molar-refractivity contribution in [1.29, 1.82) is 0 Å². The van der Waals surface area contributed by atoms with E-state index in [4.69, 9.17) is 10.2 Å². The Morgan fingerprint density at radius 2 is 1.81 bits per heavy atom. The van der Waals surface area contributed by atoms with Gasteiger partial charge in [-0.1, -0.05) is 19.1 Å². The van der Waals surface area contributed by atoms with Gasteiger partial charge in [0.15, 0.2) is 0 Å². The lowest BCUT2D eigenvalue weighted by Crippen LogP contribution is -2.32. The van der Waals surface area contributed by atoms with Crippen molar-refractivity contribution in [3.8, 4) is 5.75 Å². The van der Waals surface area contributed by atoms with Crippen molar-refractivity contribution in [3.05, 3.63) is 29.8 Å². The van der Waals surface area contributed by atoms with Crippen molar-refractivity contribution in [2.45, 2.75) is 26.3 Å². The molecule has 0 spiro atoms. The highest BCUT2D eigenvalue weighted by Crippen LogP contribution is 2.11. The first-order chi connectivity index (χ1) is 7.61. The fraction of sp³-hybridized carbons (Fsp3) is 0.538. The van der Waals surface area contributed by atoms with Crippen LogP contribution in [0, 0.1) is 5.92 Å². The molecule has 1 aromatic carbocycles. The third-order valence-electron chi connectivity index (χ3n) is 2.60. The van der Waals surface area contributed by atoms with Crippen LogP contribution in [0.25, 0.3) is 0 Å². The maximum absolute atomic E-state index is 9.16. The Bertz CT molecular complexity index is 297. The molecule has 0 saturated carbocycles. The van der Waals surface area contributed by atoms with Crippen molar-refractivity contribution in [2.24, 2.45) is 5.92 Å². The predicted octanol–water partition coefficient (Wildman–Crippen LogP) is 1.54. The van der Waals surface area contributed by atoms with Gasteiger partial charge < -0.3 is 15.5 Å². The van der Waals surface area contributed by atoms with Gasteiger partial charge in [0, 0.05) is 19.2 Å². The van der Waals surface area contributed by atoms with Crippen LogP contribution in [0.15, 0.2) is 24.3 Å². The Hall–Kier alpha value is -1.06. The molecule has 0 amide bonds. The van der Waals surface area contributed by atoms with Gasteiger partial charge in [-0.3, -0.25) is 0 Å². The van der Waals surface area contributed by atoms with Gasteiger partial charge in [0.25, 0.3) is 0 Å². The quantitative estimate of drug-likeness (QED) is 0.685. The monoisotopic (exact) mass is 223 g/mol. The summed E-state index contributed by atoms with van der Waals surface area (Å²) in [4.78, 5) is 0. The molecule has 2 unspecified atom stereocenters. The number of nitrogens with one attached hydrogen (secondary N) is 1. The van der Waals surface area contributed by atoms with E-state index in [9.17, 15) is 0 Å². The lowest BCUT2D eigenvalue weighted by Gasteiger charge is -2.16. The van der Waals surface area contributed by atoms with Crippen molar-refractivity contribution in [2.75, 3.05) is 13.2 Å². The average Bonchev–Trinajstić information content (AvgIpc) is 2.29. The van der Waals surface area contributed by atoms with E-state index in [1.165, 1.54) is 5.56 Å². The Morgan fingerprint density at radius 1 is 1.19 bits per heavy atom. The summed E-state index contributed by atoms with van der Waals surface area (Å²) in [7, 11) is 0. The minimum Gasteiger partial charge on any atom is -0.508 e. The first-order valence-corrected chi connectivity index (χ1v) is 5.74. The van der Waals surface area contributed by atoms with E-state index in [0.717, 1.165) is 13.0 Å². The SMILES string of the molecule is CC(CO)CNC(C)Cc1ccc(O)cc1. The zero-order chi connectivity index (χ0) is 12.0. The van der Waals surface area contributed by atoms with Crippen molar-refractivity contribution in [3.63, 3.8) is 0 Å². The first kappa shape index (κ1) is 13.0. The van der Waals surface area contributed by atoms with E-state index in [2.05, 4.69) is 12.2 Å². The molecule has 0 aliphatic carbocycles. The third kappa shape index (κ3) is 4.64. The van der Waals surface area contributed by atoms with E-state index in [0.29, 0.717) is 17.7 Å². The number of hydrogen-bond acceptors (Lipinski definition) is 3. The molecule has 90 valence electrons. The molecule has 3 heteroatoms. The van der Waals surface area contributed by atoms with Crippen LogP contribution in [0.2, 0.25) is 0 Å². The van der Waals surface area contributed by atoms with Crippen LogP contribution in [0.1, 0.15) is 19.4 Å². The zero-order valence-corrected chi connectivity index (χ0v) is 9.98. The molecular weight excluding hydrogens is 202 g/mol. The van der Waals surface area contributed by atoms with E-state index in [-0.39, 0.29) is 6.61 Å². The van der Waals surface area contributed by atoms with Crippen molar-refractivity contribution < 1.29 is 10.2 Å². The zero-order valence-electron chi connectivity index (χ0n) is 9.98. The number of benzene rings is 1. The number of aliphatic hydroxyl groups is 1. The normalized spacial score (nSPS) is 14.7. The topological polar surface area (TPSA) is 52.5 Å². The fourth-order valence-electron chi connectivity index (χ4n) is 1.52. The van der Waals surface area contributed by atoms with E-state index < -0.39 is 0 Å². The molecule has 0 radical (unpaired) electrons. The van der Waals surface area contributed by atoms with E-state index >= 15 is 0 Å². The van der Waals surface area contributed by atoms with Crippen molar-refractivity contribution in [1.82, 2.24) is 5.32 Å². The van der Waals surface area contributed by atoms with Crippen LogP contribution >= 0.6 is 0 Å². The Kier molecular flexibility index (Phi) is 5.29. The van der Waals surface area contributed by atoms with Crippen LogP contribution in [-0.4, -0.2) is 29.4 Å². The minimum absolute atomic E-state index is 0.221. The third-order valence-corrected chi connectivity index (χ3v) is 2.60. The molecule has 0 fully saturated rings. The van der Waals surface area contributed by atoms with Crippen LogP contribution in [-0.2, 0) is 6.42 Å². The van der Waals surface area contributed by atoms with E-state index in [1.807, 2.05) is 19.1 Å². The predicted molar refractivity (Wildman–Crippen MR) is 65.5 cm³/mol. The van der Waals surface area contributed by atoms with Crippen LogP contribution in [0.4, 0.5) is 0 Å². The number of phenols is 1. The van der Waals surface area contributed by atoms with Crippen molar-refractivity contribution >= 4 is 0 Å². The molecule has 3 N–H and O–H groups in total. The lowest BCUT2D eigenvalue weighted by molar-refractivity contribution is 0.230. The summed E-state index contributed by atoms with van der Waals surface area (Å²) in [6, 6.07) is 7.65. The number of aromatic hydroxyl groups is 1. The fourth-order valence-corrected chi connectivity index (χ4v) is 1.52. The van der Waals surface area contributed by atoms with Gasteiger partial charge in [-0.2, -0.15) is 0 Å². The highest BCUT2D eigenvalue weighted by molar-refractivity contribution is 5.26. The number of phenolic OH excluding ortho intramolecular Hbond substituents is 1. The molecule has 0 saturated heterocycles. The molecule has 3 nitrogen and oxygen atoms in total. The van der Waals surface area contributed by atoms with Gasteiger partial charge in [0.2, 0.25) is 0 Å². The summed E-state index contributed by atoms with van der Waals surface area (Å²) in [5.41, 5.74) is 1.20. The molecule has 0 bridgehead atoms. The van der Waals surface area contributed by atoms with Crippen LogP contribution in [0.5, 0.6) is 5.75 Å². The smallest absolute Gasteiger partial charge is 0.115 e. The maximum atomic E-state index is 9.16. The second kappa shape index (κ2) is 6.51. The molecule has 0 aliphatic heterocycles. The van der Waals surface area contributed by atoms with Gasteiger partial charge in [-0.25, -0.2) is 0 Å². The molecular formula is C13H21NO2. The van der Waals surface area contributed by atoms with Gasteiger partial charge in [-0.05, 0) is 37.0 Å². The summed E-state index contributed by atoms with van der Waals surface area (Å²) in [6.07, 6.45) is 0.929. The maximum Gasteiger partial charge on any atom is 0.115 e. The second-order valence-corrected chi connectivity index (χ2v) is 4.47. The number of aliphatic hydroxyl groups excluding tert-OH is 1. The lowest BCUT2D eigenvalue weighted by atomic mass is 10.1. The second-order valence-electron chi connectivity index (χ2n) is 4.47. The Morgan fingerprint density at radius 3 is 2.38 bits per heavy atom. The molecule has 1 aromatic rings. The molecule has 1 rings (SSSR count). The number of hydrogen-bond donors (Lipinski definition) is 3. The van der Waals surface area contributed by atoms with Gasteiger partial charge in [-0.15, -0.1) is 0 Å². The molecule has 2 atom stereocenters. The summed E-state index contributed by atoms with van der Waals surface area (Å²) in [5, 5.41) is 21.4. The first-order valence-electron chi connectivity index (χ1n) is 5.74. The van der Waals surface area contributed by atoms with Gasteiger partial charge in [0.1, 0.15) is 5.75 Å². The van der Waals surface area contributed by atoms with Crippen LogP contribution in [0.3, 0.4) is 0 Å². The van der Waals surface area contributed by atoms with E-state index in [1.54, 1.807) is 12.1 Å². The Balaban J connectivity index is 2.33. The summed E-state index contributed by atoms with van der Waals surface area (Å²) in [5.74, 6) is 0.598. The summed E-state index contributed by atoms with van der Waals surface area (Å²) in [6.45, 7) is 5.19. The van der Waals surface area contributed by atoms with Gasteiger partial charge in [0.05, 0.1) is 0 Å². The summed E-state index contributed by atoms with van der Waals surface area (Å²) >= 11 is 0. The summed E-state index contributed by atoms with van der Waals surface area (Å²) < 4.78 is 0. The van der Waals surface area contributed by atoms with Crippen LogP contribution < -0.4 is 5.32 Å². The molecule has 0 aromatic heterocycles.